The maximum Gasteiger partial charge on any atom is 0.430 e. The number of methoxy groups -OCH3 is 1. The van der Waals surface area contributed by atoms with Crippen LogP contribution in [0.3, 0.4) is 0 Å². The van der Waals surface area contributed by atoms with E-state index in [1.54, 1.807) is 36.4 Å². The second-order valence-corrected chi connectivity index (χ2v) is 7.69. The second kappa shape index (κ2) is 10.4. The number of amides is 1. The van der Waals surface area contributed by atoms with Gasteiger partial charge in [0.15, 0.2) is 0 Å². The number of ether oxygens (including phenoxy) is 1. The van der Waals surface area contributed by atoms with Crippen LogP contribution in [-0.4, -0.2) is 24.9 Å². The molecule has 0 bridgehead atoms. The monoisotopic (exact) mass is 487 g/mol. The predicted octanol–water partition coefficient (Wildman–Crippen LogP) is 6.44. The van der Waals surface area contributed by atoms with Crippen LogP contribution in [0.1, 0.15) is 21.5 Å². The number of hydrogen-bond donors (Lipinski definition) is 2. The molecule has 0 unspecified atom stereocenters. The highest BCUT2D eigenvalue weighted by Gasteiger charge is 2.31. The number of nitrogens with two attached hydrogens (primary N) is 1. The van der Waals surface area contributed by atoms with Crippen LogP contribution >= 0.6 is 11.6 Å². The summed E-state index contributed by atoms with van der Waals surface area (Å²) in [6.45, 7) is 1.88. The highest BCUT2D eigenvalue weighted by molar-refractivity contribution is 6.33. The molecule has 176 valence electrons. The number of anilines is 1. The van der Waals surface area contributed by atoms with Crippen LogP contribution in [0, 0.1) is 6.92 Å². The lowest BCUT2D eigenvalue weighted by atomic mass is 10.1. The van der Waals surface area contributed by atoms with Gasteiger partial charge in [-0.1, -0.05) is 41.9 Å². The van der Waals surface area contributed by atoms with E-state index < -0.39 is 17.8 Å². The van der Waals surface area contributed by atoms with Gasteiger partial charge in [-0.05, 0) is 55.0 Å². The van der Waals surface area contributed by atoms with Crippen molar-refractivity contribution in [1.82, 2.24) is 0 Å². The van der Waals surface area contributed by atoms with Crippen LogP contribution in [0.25, 0.3) is 0 Å². The number of aryl methyl sites for hydroxylation is 1. The van der Waals surface area contributed by atoms with E-state index >= 15 is 0 Å². The molecule has 0 aliphatic rings. The SMILES string of the molecule is COc1ccc(C)cc1NC(=O)c1ccc(C(/C=C(\N)C(F)(F)F)=Nc2ccccc2Cl)cc1. The number of carbonyl (C=O) groups is 1. The van der Waals surface area contributed by atoms with Gasteiger partial charge in [0, 0.05) is 11.1 Å². The molecule has 0 atom stereocenters. The fourth-order valence-electron chi connectivity index (χ4n) is 2.99. The number of para-hydroxylation sites is 1. The van der Waals surface area contributed by atoms with Gasteiger partial charge in [0.1, 0.15) is 11.4 Å². The van der Waals surface area contributed by atoms with Crippen LogP contribution in [0.5, 0.6) is 5.75 Å². The molecule has 0 radical (unpaired) electrons. The number of halogens is 4. The molecule has 1 amide bonds. The minimum atomic E-state index is -4.73. The van der Waals surface area contributed by atoms with Gasteiger partial charge in [-0.15, -0.1) is 0 Å². The Balaban J connectivity index is 1.94. The maximum absolute atomic E-state index is 13.1. The highest BCUT2D eigenvalue weighted by Crippen LogP contribution is 2.28. The predicted molar refractivity (Wildman–Crippen MR) is 128 cm³/mol. The summed E-state index contributed by atoms with van der Waals surface area (Å²) in [5.74, 6) is 0.0860. The molecular formula is C25H21ClF3N3O2. The van der Waals surface area contributed by atoms with Gasteiger partial charge in [-0.2, -0.15) is 13.2 Å². The van der Waals surface area contributed by atoms with E-state index in [9.17, 15) is 18.0 Å². The molecule has 0 saturated carbocycles. The minimum absolute atomic E-state index is 0.0600. The van der Waals surface area contributed by atoms with E-state index in [0.29, 0.717) is 17.0 Å². The molecule has 3 N–H and O–H groups in total. The molecule has 0 spiro atoms. The lowest BCUT2D eigenvalue weighted by Gasteiger charge is -2.12. The first-order valence-corrected chi connectivity index (χ1v) is 10.4. The van der Waals surface area contributed by atoms with E-state index in [0.717, 1.165) is 11.6 Å². The van der Waals surface area contributed by atoms with Crippen molar-refractivity contribution in [2.75, 3.05) is 12.4 Å². The van der Waals surface area contributed by atoms with Gasteiger partial charge >= 0.3 is 6.18 Å². The number of hydrogen-bond acceptors (Lipinski definition) is 4. The van der Waals surface area contributed by atoms with Crippen molar-refractivity contribution < 1.29 is 22.7 Å². The zero-order valence-electron chi connectivity index (χ0n) is 18.3. The van der Waals surface area contributed by atoms with E-state index in [1.165, 1.54) is 31.4 Å². The summed E-state index contributed by atoms with van der Waals surface area (Å²) in [4.78, 5) is 17.0. The molecular weight excluding hydrogens is 467 g/mol. The molecule has 3 aromatic rings. The Hall–Kier alpha value is -3.78. The number of allylic oxidation sites excluding steroid dienone is 2. The van der Waals surface area contributed by atoms with Gasteiger partial charge < -0.3 is 15.8 Å². The number of nitrogens with one attached hydrogen (secondary N) is 1. The minimum Gasteiger partial charge on any atom is -0.495 e. The quantitative estimate of drug-likeness (QED) is 0.393. The molecule has 0 saturated heterocycles. The molecule has 0 aromatic heterocycles. The fraction of sp³-hybridized carbons (Fsp3) is 0.120. The van der Waals surface area contributed by atoms with Crippen molar-refractivity contribution in [1.29, 1.82) is 0 Å². The zero-order chi connectivity index (χ0) is 24.9. The first kappa shape index (κ1) is 24.9. The number of aliphatic imine (C=N–C) groups is 1. The highest BCUT2D eigenvalue weighted by atomic mass is 35.5. The lowest BCUT2D eigenvalue weighted by Crippen LogP contribution is -2.21. The number of rotatable bonds is 6. The molecule has 0 heterocycles. The summed E-state index contributed by atoms with van der Waals surface area (Å²) in [6.07, 6.45) is -4.00. The summed E-state index contributed by atoms with van der Waals surface area (Å²) in [5, 5.41) is 3.04. The van der Waals surface area contributed by atoms with Gasteiger partial charge in [0.2, 0.25) is 0 Å². The topological polar surface area (TPSA) is 76.7 Å². The number of nitrogens with zero attached hydrogens (tertiary/aromatic N) is 1. The van der Waals surface area contributed by atoms with Gasteiger partial charge in [0.25, 0.3) is 5.91 Å². The van der Waals surface area contributed by atoms with Crippen LogP contribution in [0.2, 0.25) is 5.02 Å². The molecule has 5 nitrogen and oxygen atoms in total. The van der Waals surface area contributed by atoms with Crippen molar-refractivity contribution in [3.63, 3.8) is 0 Å². The smallest absolute Gasteiger partial charge is 0.430 e. The Bertz CT molecular complexity index is 1250. The van der Waals surface area contributed by atoms with Gasteiger partial charge in [0.05, 0.1) is 29.2 Å². The Morgan fingerprint density at radius 3 is 2.32 bits per heavy atom. The Morgan fingerprint density at radius 2 is 1.71 bits per heavy atom. The largest absolute Gasteiger partial charge is 0.495 e. The average Bonchev–Trinajstić information content (AvgIpc) is 2.79. The van der Waals surface area contributed by atoms with Crippen molar-refractivity contribution in [3.8, 4) is 5.75 Å². The molecule has 34 heavy (non-hydrogen) atoms. The summed E-state index contributed by atoms with van der Waals surface area (Å²) < 4.78 is 44.5. The van der Waals surface area contributed by atoms with E-state index in [1.807, 2.05) is 13.0 Å². The summed E-state index contributed by atoms with van der Waals surface area (Å²) in [7, 11) is 1.50. The van der Waals surface area contributed by atoms with Crippen LogP contribution < -0.4 is 15.8 Å². The second-order valence-electron chi connectivity index (χ2n) is 7.28. The Morgan fingerprint density at radius 1 is 1.06 bits per heavy atom. The summed E-state index contributed by atoms with van der Waals surface area (Å²) in [5.41, 5.74) is 6.17. The molecule has 3 rings (SSSR count). The van der Waals surface area contributed by atoms with Gasteiger partial charge in [-0.3, -0.25) is 4.79 Å². The van der Waals surface area contributed by atoms with Crippen molar-refractivity contribution in [2.24, 2.45) is 10.7 Å². The summed E-state index contributed by atoms with van der Waals surface area (Å²) >= 11 is 6.12. The lowest BCUT2D eigenvalue weighted by molar-refractivity contribution is -0.0925. The van der Waals surface area contributed by atoms with Crippen molar-refractivity contribution in [3.05, 3.63) is 100 Å². The average molecular weight is 488 g/mol. The molecule has 3 aromatic carbocycles. The maximum atomic E-state index is 13.1. The third kappa shape index (κ3) is 6.17. The third-order valence-corrected chi connectivity index (χ3v) is 5.08. The number of benzene rings is 3. The standard InChI is InChI=1S/C25H21ClF3N3O2/c1-15-7-12-22(34-2)21(13-15)32-24(33)17-10-8-16(9-11-17)20(14-23(30)25(27,28)29)31-19-6-4-3-5-18(19)26/h3-14H,30H2,1-2H3,(H,32,33)/b23-14-,31-20?. The van der Waals surface area contributed by atoms with Crippen LogP contribution in [0.15, 0.2) is 83.5 Å². The van der Waals surface area contributed by atoms with Crippen molar-refractivity contribution in [2.45, 2.75) is 13.1 Å². The first-order valence-electron chi connectivity index (χ1n) is 10.0. The zero-order valence-corrected chi connectivity index (χ0v) is 19.0. The first-order chi connectivity index (χ1) is 16.1. The van der Waals surface area contributed by atoms with Gasteiger partial charge in [-0.25, -0.2) is 4.99 Å². The number of alkyl halides is 3. The fourth-order valence-corrected chi connectivity index (χ4v) is 3.17. The Kier molecular flexibility index (Phi) is 7.63. The summed E-state index contributed by atoms with van der Waals surface area (Å²) in [6, 6.07) is 17.8. The van der Waals surface area contributed by atoms with Crippen LogP contribution in [0.4, 0.5) is 24.5 Å². The van der Waals surface area contributed by atoms with Crippen molar-refractivity contribution >= 4 is 34.6 Å². The molecule has 0 aliphatic carbocycles. The number of carbonyl (C=O) groups excluding carboxylic acids is 1. The van der Waals surface area contributed by atoms with E-state index in [4.69, 9.17) is 22.1 Å². The normalized spacial score (nSPS) is 12.4. The van der Waals surface area contributed by atoms with E-state index in [2.05, 4.69) is 10.3 Å². The Labute approximate surface area is 199 Å². The third-order valence-electron chi connectivity index (χ3n) is 4.76. The van der Waals surface area contributed by atoms with Crippen LogP contribution in [-0.2, 0) is 0 Å². The van der Waals surface area contributed by atoms with E-state index in [-0.39, 0.29) is 22.0 Å². The molecule has 0 fully saturated rings. The molecule has 0 aliphatic heterocycles. The molecule has 9 heteroatoms.